The van der Waals surface area contributed by atoms with Crippen LogP contribution in [0.1, 0.15) is 27.9 Å². The van der Waals surface area contributed by atoms with Gasteiger partial charge in [-0.15, -0.1) is 0 Å². The minimum atomic E-state index is -0.189. The van der Waals surface area contributed by atoms with Gasteiger partial charge in [0.2, 0.25) is 5.91 Å². The van der Waals surface area contributed by atoms with Crippen LogP contribution in [-0.4, -0.2) is 41.8 Å². The molecule has 0 N–H and O–H groups in total. The van der Waals surface area contributed by atoms with Gasteiger partial charge in [0, 0.05) is 36.3 Å². The van der Waals surface area contributed by atoms with E-state index in [1.165, 1.54) is 11.0 Å². The lowest BCUT2D eigenvalue weighted by molar-refractivity contribution is -0.113. The van der Waals surface area contributed by atoms with Crippen LogP contribution in [0, 0.1) is 6.92 Å². The summed E-state index contributed by atoms with van der Waals surface area (Å²) in [6.07, 6.45) is 1.26. The number of furan rings is 1. The van der Waals surface area contributed by atoms with Gasteiger partial charge in [0.15, 0.2) is 0 Å². The van der Waals surface area contributed by atoms with Gasteiger partial charge >= 0.3 is 0 Å². The molecule has 2 amide bonds. The van der Waals surface area contributed by atoms with Crippen molar-refractivity contribution in [2.75, 3.05) is 30.0 Å². The van der Waals surface area contributed by atoms with Gasteiger partial charge in [-0.05, 0) is 49.4 Å². The Morgan fingerprint density at radius 2 is 2.00 bits per heavy atom. The molecule has 0 saturated carbocycles. The van der Waals surface area contributed by atoms with E-state index in [1.54, 1.807) is 31.3 Å². The summed E-state index contributed by atoms with van der Waals surface area (Å²) in [5.41, 5.74) is 1.33. The highest BCUT2D eigenvalue weighted by atomic mass is 32.2. The van der Waals surface area contributed by atoms with E-state index < -0.39 is 0 Å². The molecule has 3 rings (SSSR count). The predicted octanol–water partition coefficient (Wildman–Crippen LogP) is 3.67. The fourth-order valence-corrected chi connectivity index (χ4v) is 4.03. The van der Waals surface area contributed by atoms with Crippen molar-refractivity contribution in [3.8, 4) is 0 Å². The SMILES string of the molecule is C=CC(=O)N(C)c1ccc(C(=O)N2CCSCC2c2ccc(C)o2)cc1. The summed E-state index contributed by atoms with van der Waals surface area (Å²) in [6.45, 7) is 6.08. The van der Waals surface area contributed by atoms with Gasteiger partial charge in [0.05, 0.1) is 6.04 Å². The normalized spacial score (nSPS) is 17.0. The van der Waals surface area contributed by atoms with Crippen LogP contribution in [0.4, 0.5) is 5.69 Å². The lowest BCUT2D eigenvalue weighted by atomic mass is 10.1. The number of carbonyl (C=O) groups is 2. The number of thioether (sulfide) groups is 1. The van der Waals surface area contributed by atoms with Crippen molar-refractivity contribution in [2.45, 2.75) is 13.0 Å². The quantitative estimate of drug-likeness (QED) is 0.771. The number of hydrogen-bond donors (Lipinski definition) is 0. The maximum Gasteiger partial charge on any atom is 0.254 e. The number of anilines is 1. The van der Waals surface area contributed by atoms with Gasteiger partial charge in [-0.2, -0.15) is 11.8 Å². The van der Waals surface area contributed by atoms with Gasteiger partial charge in [-0.1, -0.05) is 6.58 Å². The first-order valence-electron chi connectivity index (χ1n) is 8.46. The number of nitrogens with zero attached hydrogens (tertiary/aromatic N) is 2. The van der Waals surface area contributed by atoms with E-state index in [-0.39, 0.29) is 17.9 Å². The van der Waals surface area contributed by atoms with Gasteiger partial charge < -0.3 is 14.2 Å². The van der Waals surface area contributed by atoms with Crippen LogP contribution < -0.4 is 4.90 Å². The molecule has 5 nitrogen and oxygen atoms in total. The Bertz CT molecular complexity index is 813. The third kappa shape index (κ3) is 3.70. The van der Waals surface area contributed by atoms with Crippen LogP contribution in [0.15, 0.2) is 53.5 Å². The zero-order chi connectivity index (χ0) is 18.7. The summed E-state index contributed by atoms with van der Waals surface area (Å²) in [4.78, 5) is 28.1. The molecule has 1 atom stereocenters. The summed E-state index contributed by atoms with van der Waals surface area (Å²) >= 11 is 1.83. The molecule has 1 saturated heterocycles. The molecular formula is C20H22N2O3S. The minimum absolute atomic E-state index is 0.0198. The lowest BCUT2D eigenvalue weighted by Gasteiger charge is -2.34. The number of aryl methyl sites for hydroxylation is 1. The molecule has 1 unspecified atom stereocenters. The summed E-state index contributed by atoms with van der Waals surface area (Å²) in [6, 6.07) is 10.9. The van der Waals surface area contributed by atoms with E-state index in [0.717, 1.165) is 28.7 Å². The molecule has 0 aliphatic carbocycles. The van der Waals surface area contributed by atoms with Crippen LogP contribution in [0.25, 0.3) is 0 Å². The van der Waals surface area contributed by atoms with Crippen molar-refractivity contribution in [3.05, 3.63) is 66.1 Å². The third-order valence-corrected chi connectivity index (χ3v) is 5.51. The zero-order valence-electron chi connectivity index (χ0n) is 15.0. The molecule has 136 valence electrons. The molecule has 6 heteroatoms. The first-order chi connectivity index (χ1) is 12.5. The summed E-state index contributed by atoms with van der Waals surface area (Å²) in [5, 5.41) is 0. The molecular weight excluding hydrogens is 348 g/mol. The van der Waals surface area contributed by atoms with Gasteiger partial charge in [0.25, 0.3) is 5.91 Å². The second kappa shape index (κ2) is 7.83. The highest BCUT2D eigenvalue weighted by Crippen LogP contribution is 2.32. The first-order valence-corrected chi connectivity index (χ1v) is 9.62. The Labute approximate surface area is 157 Å². The van der Waals surface area contributed by atoms with Crippen LogP contribution in [0.3, 0.4) is 0 Å². The molecule has 1 aliphatic rings. The molecule has 2 aromatic rings. The monoisotopic (exact) mass is 370 g/mol. The Hall–Kier alpha value is -2.47. The predicted molar refractivity (Wildman–Crippen MR) is 105 cm³/mol. The molecule has 0 bridgehead atoms. The Balaban J connectivity index is 1.80. The average Bonchev–Trinajstić information content (AvgIpc) is 3.12. The van der Waals surface area contributed by atoms with Gasteiger partial charge in [-0.25, -0.2) is 0 Å². The van der Waals surface area contributed by atoms with Crippen molar-refractivity contribution in [1.29, 1.82) is 0 Å². The summed E-state index contributed by atoms with van der Waals surface area (Å²) < 4.78 is 5.77. The van der Waals surface area contributed by atoms with Gasteiger partial charge in [0.1, 0.15) is 11.5 Å². The first kappa shape index (κ1) is 18.3. The second-order valence-corrected chi connectivity index (χ2v) is 7.34. The molecule has 1 aliphatic heterocycles. The summed E-state index contributed by atoms with van der Waals surface area (Å²) in [5.74, 6) is 3.21. The van der Waals surface area contributed by atoms with E-state index in [0.29, 0.717) is 12.1 Å². The van der Waals surface area contributed by atoms with Crippen LogP contribution in [0.5, 0.6) is 0 Å². The zero-order valence-corrected chi connectivity index (χ0v) is 15.8. The van der Waals surface area contributed by atoms with E-state index in [9.17, 15) is 9.59 Å². The van der Waals surface area contributed by atoms with Crippen molar-refractivity contribution < 1.29 is 14.0 Å². The number of amides is 2. The molecule has 0 radical (unpaired) electrons. The Morgan fingerprint density at radius 1 is 1.27 bits per heavy atom. The van der Waals surface area contributed by atoms with Gasteiger partial charge in [-0.3, -0.25) is 9.59 Å². The average molecular weight is 370 g/mol. The Kier molecular flexibility index (Phi) is 5.52. The lowest BCUT2D eigenvalue weighted by Crippen LogP contribution is -2.40. The van der Waals surface area contributed by atoms with E-state index in [2.05, 4.69) is 6.58 Å². The molecule has 1 aromatic carbocycles. The van der Waals surface area contributed by atoms with Crippen LogP contribution in [0.2, 0.25) is 0 Å². The number of rotatable bonds is 4. The second-order valence-electron chi connectivity index (χ2n) is 6.19. The number of hydrogen-bond acceptors (Lipinski definition) is 4. The largest absolute Gasteiger partial charge is 0.464 e. The van der Waals surface area contributed by atoms with Crippen molar-refractivity contribution in [1.82, 2.24) is 4.90 Å². The fourth-order valence-electron chi connectivity index (χ4n) is 2.97. The third-order valence-electron chi connectivity index (χ3n) is 4.49. The number of carbonyl (C=O) groups excluding carboxylic acids is 2. The minimum Gasteiger partial charge on any atom is -0.464 e. The van der Waals surface area contributed by atoms with Crippen molar-refractivity contribution >= 4 is 29.3 Å². The number of benzene rings is 1. The van der Waals surface area contributed by atoms with Crippen LogP contribution >= 0.6 is 11.8 Å². The summed E-state index contributed by atoms with van der Waals surface area (Å²) in [7, 11) is 1.68. The Morgan fingerprint density at radius 3 is 2.62 bits per heavy atom. The topological polar surface area (TPSA) is 53.8 Å². The fraction of sp³-hybridized carbons (Fsp3) is 0.300. The molecule has 1 fully saturated rings. The van der Waals surface area contributed by atoms with E-state index in [1.807, 2.05) is 35.7 Å². The van der Waals surface area contributed by atoms with E-state index in [4.69, 9.17) is 4.42 Å². The smallest absolute Gasteiger partial charge is 0.254 e. The van der Waals surface area contributed by atoms with Crippen molar-refractivity contribution in [3.63, 3.8) is 0 Å². The van der Waals surface area contributed by atoms with Crippen molar-refractivity contribution in [2.24, 2.45) is 0 Å². The molecule has 2 heterocycles. The maximum absolute atomic E-state index is 13.0. The highest BCUT2D eigenvalue weighted by molar-refractivity contribution is 7.99. The van der Waals surface area contributed by atoms with Crippen LogP contribution in [-0.2, 0) is 4.79 Å². The molecule has 0 spiro atoms. The maximum atomic E-state index is 13.0. The number of likely N-dealkylation sites (N-methyl/N-ethyl adjacent to an activating group) is 1. The van der Waals surface area contributed by atoms with E-state index >= 15 is 0 Å². The highest BCUT2D eigenvalue weighted by Gasteiger charge is 2.31. The standard InChI is InChI=1S/C20H22N2O3S/c1-4-19(23)21(3)16-8-6-15(7-9-16)20(24)22-11-12-26-13-17(22)18-10-5-14(2)25-18/h4-10,17H,1,11-13H2,2-3H3. The molecule has 26 heavy (non-hydrogen) atoms. The molecule has 1 aromatic heterocycles.